The Morgan fingerprint density at radius 3 is 2.26 bits per heavy atom. The number of ether oxygens (including phenoxy) is 1. The first kappa shape index (κ1) is 17.5. The second-order valence-electron chi connectivity index (χ2n) is 5.86. The molecule has 2 aromatic carbocycles. The van der Waals surface area contributed by atoms with Crippen molar-refractivity contribution in [2.24, 2.45) is 0 Å². The Kier molecular flexibility index (Phi) is 5.83. The Hall–Kier alpha value is -1.81. The summed E-state index contributed by atoms with van der Waals surface area (Å²) in [4.78, 5) is 12.1. The summed E-state index contributed by atoms with van der Waals surface area (Å²) in [7, 11) is 0. The van der Waals surface area contributed by atoms with Crippen molar-refractivity contribution in [2.45, 2.75) is 33.7 Å². The smallest absolute Gasteiger partial charge is 0.258 e. The lowest BCUT2D eigenvalue weighted by Crippen LogP contribution is -2.31. The molecule has 0 aromatic heterocycles. The Morgan fingerprint density at radius 1 is 1.13 bits per heavy atom. The number of hydrogen-bond acceptors (Lipinski definition) is 2. The standard InChI is InChI=1S/C19H22BrNO2/c1-12-5-7-16(8-6-12)15(4)21-18(22)11-23-17-9-13(2)19(20)14(3)10-17/h5-10,15H,11H2,1-4H3,(H,21,22)/t15-/m0/s1. The summed E-state index contributed by atoms with van der Waals surface area (Å²) in [5, 5.41) is 2.95. The zero-order chi connectivity index (χ0) is 17.0. The number of carbonyl (C=O) groups is 1. The summed E-state index contributed by atoms with van der Waals surface area (Å²) in [6.07, 6.45) is 0. The van der Waals surface area contributed by atoms with Crippen LogP contribution in [0.4, 0.5) is 0 Å². The van der Waals surface area contributed by atoms with Gasteiger partial charge in [-0.3, -0.25) is 4.79 Å². The lowest BCUT2D eigenvalue weighted by Gasteiger charge is -2.15. The van der Waals surface area contributed by atoms with Gasteiger partial charge in [-0.25, -0.2) is 0 Å². The third-order valence-corrected chi connectivity index (χ3v) is 4.99. The highest BCUT2D eigenvalue weighted by Crippen LogP contribution is 2.26. The molecule has 0 fully saturated rings. The van der Waals surface area contributed by atoms with E-state index in [0.717, 1.165) is 21.2 Å². The molecule has 0 aliphatic heterocycles. The van der Waals surface area contributed by atoms with Gasteiger partial charge in [-0.1, -0.05) is 45.8 Å². The Balaban J connectivity index is 1.91. The highest BCUT2D eigenvalue weighted by atomic mass is 79.9. The van der Waals surface area contributed by atoms with Crippen molar-refractivity contribution in [1.82, 2.24) is 5.32 Å². The predicted molar refractivity (Wildman–Crippen MR) is 96.8 cm³/mol. The summed E-state index contributed by atoms with van der Waals surface area (Å²) in [6.45, 7) is 8.03. The van der Waals surface area contributed by atoms with Crippen LogP contribution in [0.25, 0.3) is 0 Å². The fraction of sp³-hybridized carbons (Fsp3) is 0.316. The molecule has 0 spiro atoms. The zero-order valence-corrected chi connectivity index (χ0v) is 15.5. The monoisotopic (exact) mass is 375 g/mol. The van der Waals surface area contributed by atoms with Gasteiger partial charge in [0.1, 0.15) is 5.75 Å². The number of nitrogens with one attached hydrogen (secondary N) is 1. The fourth-order valence-corrected chi connectivity index (χ4v) is 2.59. The molecular weight excluding hydrogens is 354 g/mol. The highest BCUT2D eigenvalue weighted by molar-refractivity contribution is 9.10. The molecule has 0 aliphatic carbocycles. The van der Waals surface area contributed by atoms with Gasteiger partial charge in [0.15, 0.2) is 6.61 Å². The first-order valence-corrected chi connectivity index (χ1v) is 8.41. The van der Waals surface area contributed by atoms with Gasteiger partial charge in [-0.15, -0.1) is 0 Å². The molecule has 0 bridgehead atoms. The maximum absolute atomic E-state index is 12.1. The van der Waals surface area contributed by atoms with Gasteiger partial charge >= 0.3 is 0 Å². The van der Waals surface area contributed by atoms with Crippen LogP contribution in [0.5, 0.6) is 5.75 Å². The van der Waals surface area contributed by atoms with Crippen molar-refractivity contribution in [3.63, 3.8) is 0 Å². The molecular formula is C19H22BrNO2. The van der Waals surface area contributed by atoms with E-state index in [9.17, 15) is 4.79 Å². The zero-order valence-electron chi connectivity index (χ0n) is 13.9. The molecule has 0 saturated heterocycles. The van der Waals surface area contributed by atoms with Crippen molar-refractivity contribution < 1.29 is 9.53 Å². The van der Waals surface area contributed by atoms with Gasteiger partial charge < -0.3 is 10.1 Å². The fourth-order valence-electron chi connectivity index (χ4n) is 2.36. The van der Waals surface area contributed by atoms with Crippen LogP contribution in [0.1, 0.15) is 35.2 Å². The number of aryl methyl sites for hydroxylation is 3. The predicted octanol–water partition coefficient (Wildman–Crippen LogP) is 4.63. The molecule has 4 heteroatoms. The van der Waals surface area contributed by atoms with E-state index in [4.69, 9.17) is 4.74 Å². The topological polar surface area (TPSA) is 38.3 Å². The summed E-state index contributed by atoms with van der Waals surface area (Å²) in [6, 6.07) is 12.0. The van der Waals surface area contributed by atoms with Crippen molar-refractivity contribution in [2.75, 3.05) is 6.61 Å². The van der Waals surface area contributed by atoms with Gasteiger partial charge in [0.2, 0.25) is 0 Å². The molecule has 122 valence electrons. The Morgan fingerprint density at radius 2 is 1.70 bits per heavy atom. The molecule has 1 N–H and O–H groups in total. The van der Waals surface area contributed by atoms with Crippen LogP contribution in [0.3, 0.4) is 0 Å². The Labute approximate surface area is 146 Å². The number of hydrogen-bond donors (Lipinski definition) is 1. The SMILES string of the molecule is Cc1ccc([C@H](C)NC(=O)COc2cc(C)c(Br)c(C)c2)cc1. The van der Waals surface area contributed by atoms with Crippen molar-refractivity contribution in [3.05, 3.63) is 63.1 Å². The van der Waals surface area contributed by atoms with Gasteiger partial charge in [-0.05, 0) is 56.5 Å². The third kappa shape index (κ3) is 4.83. The summed E-state index contributed by atoms with van der Waals surface area (Å²) < 4.78 is 6.68. The first-order chi connectivity index (χ1) is 10.9. The number of carbonyl (C=O) groups excluding carboxylic acids is 1. The van der Waals surface area contributed by atoms with Crippen molar-refractivity contribution in [3.8, 4) is 5.75 Å². The van der Waals surface area contributed by atoms with Crippen LogP contribution in [-0.2, 0) is 4.79 Å². The van der Waals surface area contributed by atoms with E-state index in [2.05, 4.69) is 21.2 Å². The number of benzene rings is 2. The summed E-state index contributed by atoms with van der Waals surface area (Å²) in [5.41, 5.74) is 4.47. The maximum atomic E-state index is 12.1. The molecule has 0 unspecified atom stereocenters. The van der Waals surface area contributed by atoms with Gasteiger partial charge in [0.25, 0.3) is 5.91 Å². The van der Waals surface area contributed by atoms with Crippen LogP contribution in [-0.4, -0.2) is 12.5 Å². The van der Waals surface area contributed by atoms with E-state index < -0.39 is 0 Å². The number of rotatable bonds is 5. The Bertz CT molecular complexity index is 672. The molecule has 0 radical (unpaired) electrons. The quantitative estimate of drug-likeness (QED) is 0.826. The molecule has 0 aliphatic rings. The molecule has 0 heterocycles. The normalized spacial score (nSPS) is 11.9. The lowest BCUT2D eigenvalue weighted by atomic mass is 10.1. The van der Waals surface area contributed by atoms with E-state index in [0.29, 0.717) is 5.75 Å². The second-order valence-corrected chi connectivity index (χ2v) is 6.65. The largest absolute Gasteiger partial charge is 0.484 e. The first-order valence-electron chi connectivity index (χ1n) is 7.62. The average molecular weight is 376 g/mol. The van der Waals surface area contributed by atoms with E-state index in [1.807, 2.05) is 64.1 Å². The van der Waals surface area contributed by atoms with Crippen LogP contribution in [0, 0.1) is 20.8 Å². The molecule has 1 amide bonds. The van der Waals surface area contributed by atoms with E-state index in [1.54, 1.807) is 0 Å². The van der Waals surface area contributed by atoms with E-state index in [1.165, 1.54) is 5.56 Å². The van der Waals surface area contributed by atoms with Crippen LogP contribution in [0.15, 0.2) is 40.9 Å². The molecule has 3 nitrogen and oxygen atoms in total. The number of amides is 1. The van der Waals surface area contributed by atoms with Crippen LogP contribution < -0.4 is 10.1 Å². The third-order valence-electron chi connectivity index (χ3n) is 3.73. The van der Waals surface area contributed by atoms with Gasteiger partial charge in [0.05, 0.1) is 6.04 Å². The molecule has 1 atom stereocenters. The van der Waals surface area contributed by atoms with Gasteiger partial charge in [0, 0.05) is 4.47 Å². The van der Waals surface area contributed by atoms with Gasteiger partial charge in [-0.2, -0.15) is 0 Å². The maximum Gasteiger partial charge on any atom is 0.258 e. The lowest BCUT2D eigenvalue weighted by molar-refractivity contribution is -0.123. The minimum Gasteiger partial charge on any atom is -0.484 e. The van der Waals surface area contributed by atoms with E-state index >= 15 is 0 Å². The second kappa shape index (κ2) is 7.64. The summed E-state index contributed by atoms with van der Waals surface area (Å²) >= 11 is 3.52. The highest BCUT2D eigenvalue weighted by Gasteiger charge is 2.11. The minimum absolute atomic E-state index is 0.0106. The van der Waals surface area contributed by atoms with E-state index in [-0.39, 0.29) is 18.6 Å². The average Bonchev–Trinajstić information content (AvgIpc) is 2.51. The molecule has 0 saturated carbocycles. The van der Waals surface area contributed by atoms with Crippen LogP contribution in [0.2, 0.25) is 0 Å². The van der Waals surface area contributed by atoms with Crippen molar-refractivity contribution in [1.29, 1.82) is 0 Å². The number of halogens is 1. The summed E-state index contributed by atoms with van der Waals surface area (Å²) in [5.74, 6) is 0.581. The van der Waals surface area contributed by atoms with Crippen LogP contribution >= 0.6 is 15.9 Å². The molecule has 23 heavy (non-hydrogen) atoms. The molecule has 2 aromatic rings. The minimum atomic E-state index is -0.128. The molecule has 2 rings (SSSR count). The van der Waals surface area contributed by atoms with Crippen molar-refractivity contribution >= 4 is 21.8 Å².